The van der Waals surface area contributed by atoms with Crippen LogP contribution in [0.1, 0.15) is 20.3 Å². The van der Waals surface area contributed by atoms with Gasteiger partial charge >= 0.3 is 0 Å². The van der Waals surface area contributed by atoms with Crippen molar-refractivity contribution in [2.45, 2.75) is 32.4 Å². The molecule has 2 unspecified atom stereocenters. The summed E-state index contributed by atoms with van der Waals surface area (Å²) in [6, 6.07) is 0.429. The lowest BCUT2D eigenvalue weighted by Crippen LogP contribution is -2.66. The predicted molar refractivity (Wildman–Crippen MR) is 66.7 cm³/mol. The molecule has 2 rings (SSSR count). The second-order valence-corrected chi connectivity index (χ2v) is 6.02. The Morgan fingerprint density at radius 2 is 2.27 bits per heavy atom. The molecule has 15 heavy (non-hydrogen) atoms. The normalized spacial score (nSPS) is 32.7. The Kier molecular flexibility index (Phi) is 4.32. The molecule has 2 aliphatic heterocycles. The lowest BCUT2D eigenvalue weighted by molar-refractivity contribution is -0.129. The molecule has 0 radical (unpaired) electrons. The van der Waals surface area contributed by atoms with Gasteiger partial charge in [0.1, 0.15) is 0 Å². The Morgan fingerprint density at radius 1 is 1.53 bits per heavy atom. The minimum absolute atomic E-state index is 0. The summed E-state index contributed by atoms with van der Waals surface area (Å²) >= 11 is 1.93. The van der Waals surface area contributed by atoms with E-state index in [1.54, 1.807) is 0 Å². The molecule has 0 aromatic heterocycles. The molecule has 5 heteroatoms. The van der Waals surface area contributed by atoms with Crippen LogP contribution in [0.3, 0.4) is 0 Å². The van der Waals surface area contributed by atoms with Crippen LogP contribution in [0, 0.1) is 5.41 Å². The molecule has 3 nitrogen and oxygen atoms in total. The highest BCUT2D eigenvalue weighted by atomic mass is 35.5. The number of rotatable bonds is 2. The highest BCUT2D eigenvalue weighted by Gasteiger charge is 2.43. The third-order valence-electron chi connectivity index (χ3n) is 3.08. The quantitative estimate of drug-likeness (QED) is 0.769. The zero-order valence-electron chi connectivity index (χ0n) is 9.21. The lowest BCUT2D eigenvalue weighted by Gasteiger charge is -2.44. The van der Waals surface area contributed by atoms with Crippen molar-refractivity contribution in [1.29, 1.82) is 0 Å². The van der Waals surface area contributed by atoms with Gasteiger partial charge in [-0.05, 0) is 12.2 Å². The van der Waals surface area contributed by atoms with Gasteiger partial charge < -0.3 is 10.6 Å². The molecule has 2 saturated heterocycles. The van der Waals surface area contributed by atoms with E-state index in [-0.39, 0.29) is 29.8 Å². The Bertz CT molecular complexity index is 242. The minimum atomic E-state index is 0. The van der Waals surface area contributed by atoms with Crippen molar-refractivity contribution in [2.75, 3.05) is 18.1 Å². The highest BCUT2D eigenvalue weighted by Crippen LogP contribution is 2.28. The van der Waals surface area contributed by atoms with Crippen LogP contribution in [-0.4, -0.2) is 36.0 Å². The third kappa shape index (κ3) is 2.80. The lowest BCUT2D eigenvalue weighted by atomic mass is 9.77. The topological polar surface area (TPSA) is 41.1 Å². The van der Waals surface area contributed by atoms with Gasteiger partial charge in [-0.1, -0.05) is 13.8 Å². The van der Waals surface area contributed by atoms with Crippen LogP contribution in [-0.2, 0) is 4.79 Å². The largest absolute Gasteiger partial charge is 0.351 e. The van der Waals surface area contributed by atoms with Crippen LogP contribution in [0.4, 0.5) is 0 Å². The number of hydrogen-bond donors (Lipinski definition) is 2. The highest BCUT2D eigenvalue weighted by molar-refractivity contribution is 7.99. The molecule has 0 saturated carbocycles. The van der Waals surface area contributed by atoms with Gasteiger partial charge in [0, 0.05) is 23.8 Å². The van der Waals surface area contributed by atoms with Crippen LogP contribution in [0.25, 0.3) is 0 Å². The van der Waals surface area contributed by atoms with E-state index in [1.165, 1.54) is 5.75 Å². The maximum absolute atomic E-state index is 11.8. The molecule has 2 N–H and O–H groups in total. The van der Waals surface area contributed by atoms with Gasteiger partial charge in [-0.2, -0.15) is 11.8 Å². The first-order valence-corrected chi connectivity index (χ1v) is 6.36. The molecule has 88 valence electrons. The number of carbonyl (C=O) groups is 1. The standard InChI is InChI=1S/C10H18N2OS.ClH/c1-10(2)6-11-8(10)9(13)12-7-3-4-14-5-7;/h7-8,11H,3-6H2,1-2H3,(H,12,13);1H. The van der Waals surface area contributed by atoms with E-state index in [1.807, 2.05) is 11.8 Å². The Hall–Kier alpha value is 0.0700. The number of amides is 1. The average Bonchev–Trinajstić information content (AvgIpc) is 2.55. The van der Waals surface area contributed by atoms with Gasteiger partial charge in [0.15, 0.2) is 0 Å². The van der Waals surface area contributed by atoms with Crippen LogP contribution >= 0.6 is 24.2 Å². The number of hydrogen-bond acceptors (Lipinski definition) is 3. The van der Waals surface area contributed by atoms with Gasteiger partial charge in [0.25, 0.3) is 0 Å². The molecule has 0 bridgehead atoms. The molecule has 2 heterocycles. The molecule has 0 aromatic rings. The van der Waals surface area contributed by atoms with Crippen LogP contribution in [0.5, 0.6) is 0 Å². The summed E-state index contributed by atoms with van der Waals surface area (Å²) in [6.07, 6.45) is 1.13. The van der Waals surface area contributed by atoms with Gasteiger partial charge in [-0.15, -0.1) is 12.4 Å². The fourth-order valence-electron chi connectivity index (χ4n) is 1.99. The number of halogens is 1. The van der Waals surface area contributed by atoms with Gasteiger partial charge in [-0.25, -0.2) is 0 Å². The third-order valence-corrected chi connectivity index (χ3v) is 4.24. The summed E-state index contributed by atoms with van der Waals surface area (Å²) in [5, 5.41) is 6.30. The zero-order chi connectivity index (χ0) is 10.2. The van der Waals surface area contributed by atoms with Gasteiger partial charge in [0.2, 0.25) is 5.91 Å². The maximum Gasteiger partial charge on any atom is 0.237 e. The molecule has 0 aliphatic carbocycles. The molecule has 0 aromatic carbocycles. The molecule has 2 aliphatic rings. The summed E-state index contributed by atoms with van der Waals surface area (Å²) in [7, 11) is 0. The SMILES string of the molecule is CC1(C)CNC1C(=O)NC1CCSC1.Cl. The van der Waals surface area contributed by atoms with Crippen molar-refractivity contribution in [3.8, 4) is 0 Å². The van der Waals surface area contributed by atoms with E-state index in [4.69, 9.17) is 0 Å². The zero-order valence-corrected chi connectivity index (χ0v) is 10.8. The van der Waals surface area contributed by atoms with E-state index >= 15 is 0 Å². The van der Waals surface area contributed by atoms with E-state index in [9.17, 15) is 4.79 Å². The van der Waals surface area contributed by atoms with Crippen molar-refractivity contribution in [3.05, 3.63) is 0 Å². The monoisotopic (exact) mass is 250 g/mol. The van der Waals surface area contributed by atoms with E-state index < -0.39 is 0 Å². The summed E-state index contributed by atoms with van der Waals surface area (Å²) in [4.78, 5) is 11.8. The average molecular weight is 251 g/mol. The second kappa shape index (κ2) is 4.93. The first kappa shape index (κ1) is 13.1. The van der Waals surface area contributed by atoms with Crippen molar-refractivity contribution < 1.29 is 4.79 Å². The van der Waals surface area contributed by atoms with Crippen molar-refractivity contribution >= 4 is 30.1 Å². The molecular weight excluding hydrogens is 232 g/mol. The number of thioether (sulfide) groups is 1. The van der Waals surface area contributed by atoms with E-state index in [0.29, 0.717) is 6.04 Å². The van der Waals surface area contributed by atoms with Crippen LogP contribution < -0.4 is 10.6 Å². The van der Waals surface area contributed by atoms with Gasteiger partial charge in [0.05, 0.1) is 6.04 Å². The van der Waals surface area contributed by atoms with Crippen LogP contribution in [0.15, 0.2) is 0 Å². The summed E-state index contributed by atoms with van der Waals surface area (Å²) < 4.78 is 0. The summed E-state index contributed by atoms with van der Waals surface area (Å²) in [5.74, 6) is 2.46. The number of carbonyl (C=O) groups excluding carboxylic acids is 1. The first-order valence-electron chi connectivity index (χ1n) is 5.21. The van der Waals surface area contributed by atoms with Gasteiger partial charge in [-0.3, -0.25) is 4.79 Å². The first-order chi connectivity index (χ1) is 6.59. The fraction of sp³-hybridized carbons (Fsp3) is 0.900. The van der Waals surface area contributed by atoms with Crippen molar-refractivity contribution in [1.82, 2.24) is 10.6 Å². The maximum atomic E-state index is 11.8. The Morgan fingerprint density at radius 3 is 2.67 bits per heavy atom. The molecule has 1 amide bonds. The molecule has 0 spiro atoms. The van der Waals surface area contributed by atoms with Crippen molar-refractivity contribution in [3.63, 3.8) is 0 Å². The smallest absolute Gasteiger partial charge is 0.237 e. The molecular formula is C10H19ClN2OS. The Labute approximate surface area is 102 Å². The van der Waals surface area contributed by atoms with E-state index in [2.05, 4.69) is 24.5 Å². The van der Waals surface area contributed by atoms with Crippen LogP contribution in [0.2, 0.25) is 0 Å². The Balaban J connectivity index is 0.00000112. The predicted octanol–water partition coefficient (Wildman–Crippen LogP) is 1.03. The second-order valence-electron chi connectivity index (χ2n) is 4.87. The van der Waals surface area contributed by atoms with Crippen molar-refractivity contribution in [2.24, 2.45) is 5.41 Å². The summed E-state index contributed by atoms with van der Waals surface area (Å²) in [5.41, 5.74) is 0.135. The fourth-order valence-corrected chi connectivity index (χ4v) is 3.15. The molecule has 2 atom stereocenters. The number of nitrogens with one attached hydrogen (secondary N) is 2. The molecule has 2 fully saturated rings. The summed E-state index contributed by atoms with van der Waals surface area (Å²) in [6.45, 7) is 5.22. The minimum Gasteiger partial charge on any atom is -0.351 e. The van der Waals surface area contributed by atoms with E-state index in [0.717, 1.165) is 18.7 Å².